The molecule has 0 saturated carbocycles. The number of urea groups is 1. The number of nitrogens with one attached hydrogen (secondary N) is 3. The van der Waals surface area contributed by atoms with E-state index >= 15 is 0 Å². The second-order valence-corrected chi connectivity index (χ2v) is 8.59. The van der Waals surface area contributed by atoms with Gasteiger partial charge in [-0.15, -0.1) is 0 Å². The quantitative estimate of drug-likeness (QED) is 0.366. The predicted octanol–water partition coefficient (Wildman–Crippen LogP) is 2.26. The molecule has 0 heterocycles. The molecule has 0 saturated heterocycles. The lowest BCUT2D eigenvalue weighted by Crippen LogP contribution is -2.56. The fourth-order valence-corrected chi connectivity index (χ4v) is 3.49. The maximum atomic E-state index is 13.0. The lowest BCUT2D eigenvalue weighted by atomic mass is 9.75. The Morgan fingerprint density at radius 2 is 1.66 bits per heavy atom. The van der Waals surface area contributed by atoms with Crippen LogP contribution in [-0.2, 0) is 17.8 Å². The van der Waals surface area contributed by atoms with Gasteiger partial charge >= 0.3 is 13.1 Å². The van der Waals surface area contributed by atoms with E-state index in [1.807, 2.05) is 76.2 Å². The number of benzene rings is 2. The van der Waals surface area contributed by atoms with Crippen LogP contribution in [-0.4, -0.2) is 41.1 Å². The van der Waals surface area contributed by atoms with Crippen LogP contribution in [0.2, 0.25) is 0 Å². The summed E-state index contributed by atoms with van der Waals surface area (Å²) in [5, 5.41) is 27.6. The van der Waals surface area contributed by atoms with Crippen LogP contribution < -0.4 is 16.0 Å². The van der Waals surface area contributed by atoms with Crippen molar-refractivity contribution in [3.63, 3.8) is 0 Å². The summed E-state index contributed by atoms with van der Waals surface area (Å²) in [6, 6.07) is 13.9. The van der Waals surface area contributed by atoms with Crippen molar-refractivity contribution >= 4 is 19.1 Å². The summed E-state index contributed by atoms with van der Waals surface area (Å²) in [6.07, 6.45) is 0.680. The summed E-state index contributed by atoms with van der Waals surface area (Å²) < 4.78 is 0. The van der Waals surface area contributed by atoms with Crippen molar-refractivity contribution < 1.29 is 19.6 Å². The van der Waals surface area contributed by atoms with Crippen LogP contribution in [0.1, 0.15) is 42.5 Å². The average Bonchev–Trinajstić information content (AvgIpc) is 2.74. The Labute approximate surface area is 190 Å². The first-order valence-electron chi connectivity index (χ1n) is 11.0. The number of hydrogen-bond donors (Lipinski definition) is 5. The van der Waals surface area contributed by atoms with Crippen molar-refractivity contribution in [2.75, 3.05) is 0 Å². The number of rotatable bonds is 10. The van der Waals surface area contributed by atoms with Gasteiger partial charge in [0.25, 0.3) is 0 Å². The van der Waals surface area contributed by atoms with Gasteiger partial charge in [-0.05, 0) is 48.4 Å². The van der Waals surface area contributed by atoms with Crippen molar-refractivity contribution in [2.24, 2.45) is 5.92 Å². The highest BCUT2D eigenvalue weighted by Crippen LogP contribution is 2.12. The zero-order valence-corrected chi connectivity index (χ0v) is 19.3. The van der Waals surface area contributed by atoms with E-state index in [1.165, 1.54) is 0 Å². The van der Waals surface area contributed by atoms with Gasteiger partial charge in [0.2, 0.25) is 5.91 Å². The fraction of sp³-hybridized carbons (Fsp3) is 0.417. The van der Waals surface area contributed by atoms with E-state index in [-0.39, 0.29) is 12.3 Å². The van der Waals surface area contributed by atoms with Crippen molar-refractivity contribution in [2.45, 2.75) is 59.1 Å². The summed E-state index contributed by atoms with van der Waals surface area (Å²) in [5.41, 5.74) is 4.14. The van der Waals surface area contributed by atoms with Gasteiger partial charge in [-0.2, -0.15) is 0 Å². The van der Waals surface area contributed by atoms with Crippen LogP contribution in [0.5, 0.6) is 0 Å². The Balaban J connectivity index is 2.09. The molecule has 2 aromatic rings. The Morgan fingerprint density at radius 1 is 0.969 bits per heavy atom. The molecule has 0 bridgehead atoms. The van der Waals surface area contributed by atoms with Gasteiger partial charge in [-0.3, -0.25) is 4.79 Å². The molecule has 0 fully saturated rings. The van der Waals surface area contributed by atoms with E-state index in [4.69, 9.17) is 0 Å². The second-order valence-electron chi connectivity index (χ2n) is 8.59. The molecule has 2 unspecified atom stereocenters. The first kappa shape index (κ1) is 25.4. The molecule has 3 amide bonds. The standard InChI is InChI=1S/C24H34BN3O4/c1-16(2)13-22(25(31)32)28-23(29)21(14-19-10-6-5-7-11-19)27-24(30)26-15-20-12-8-9-17(3)18(20)4/h5-12,16,21-22,31-32H,13-15H2,1-4H3,(H,28,29)(H2,26,27,30). The zero-order chi connectivity index (χ0) is 23.7. The summed E-state index contributed by atoms with van der Waals surface area (Å²) in [5.74, 6) is -1.13. The van der Waals surface area contributed by atoms with Gasteiger partial charge in [-0.1, -0.05) is 62.4 Å². The minimum Gasteiger partial charge on any atom is -0.426 e. The third-order valence-corrected chi connectivity index (χ3v) is 5.47. The SMILES string of the molecule is Cc1cccc(CNC(=O)NC(Cc2ccccc2)C(=O)NC(CC(C)C)B(O)O)c1C. The third-order valence-electron chi connectivity index (χ3n) is 5.47. The predicted molar refractivity (Wildman–Crippen MR) is 127 cm³/mol. The normalized spacial score (nSPS) is 12.7. The van der Waals surface area contributed by atoms with Crippen molar-refractivity contribution in [3.8, 4) is 0 Å². The highest BCUT2D eigenvalue weighted by Gasteiger charge is 2.30. The molecular formula is C24H34BN3O4. The molecule has 172 valence electrons. The van der Waals surface area contributed by atoms with Crippen LogP contribution in [0.15, 0.2) is 48.5 Å². The highest BCUT2D eigenvalue weighted by molar-refractivity contribution is 6.43. The summed E-state index contributed by atoms with van der Waals surface area (Å²) in [4.78, 5) is 25.6. The average molecular weight is 439 g/mol. The monoisotopic (exact) mass is 439 g/mol. The molecule has 0 aromatic heterocycles. The molecule has 7 nitrogen and oxygen atoms in total. The van der Waals surface area contributed by atoms with Crippen molar-refractivity contribution in [3.05, 3.63) is 70.8 Å². The van der Waals surface area contributed by atoms with E-state index in [9.17, 15) is 19.6 Å². The maximum Gasteiger partial charge on any atom is 0.475 e. The van der Waals surface area contributed by atoms with E-state index in [0.29, 0.717) is 13.0 Å². The smallest absolute Gasteiger partial charge is 0.426 e. The molecule has 0 aliphatic carbocycles. The Kier molecular flexibility index (Phi) is 9.75. The molecule has 2 aromatic carbocycles. The lowest BCUT2D eigenvalue weighted by molar-refractivity contribution is -0.123. The Bertz CT molecular complexity index is 890. The highest BCUT2D eigenvalue weighted by atomic mass is 16.4. The van der Waals surface area contributed by atoms with E-state index in [0.717, 1.165) is 22.3 Å². The van der Waals surface area contributed by atoms with Crippen LogP contribution in [0.3, 0.4) is 0 Å². The van der Waals surface area contributed by atoms with Gasteiger partial charge in [0, 0.05) is 13.0 Å². The third kappa shape index (κ3) is 8.02. The molecule has 2 atom stereocenters. The van der Waals surface area contributed by atoms with Crippen molar-refractivity contribution in [1.82, 2.24) is 16.0 Å². The summed E-state index contributed by atoms with van der Waals surface area (Å²) in [6.45, 7) is 8.22. The largest absolute Gasteiger partial charge is 0.475 e. The van der Waals surface area contributed by atoms with Gasteiger partial charge in [0.05, 0.1) is 5.94 Å². The second kappa shape index (κ2) is 12.3. The minimum atomic E-state index is -1.68. The van der Waals surface area contributed by atoms with E-state index in [2.05, 4.69) is 16.0 Å². The van der Waals surface area contributed by atoms with E-state index < -0.39 is 31.0 Å². The molecule has 0 radical (unpaired) electrons. The molecule has 5 N–H and O–H groups in total. The van der Waals surface area contributed by atoms with Gasteiger partial charge in [-0.25, -0.2) is 4.79 Å². The van der Waals surface area contributed by atoms with Crippen LogP contribution in [0, 0.1) is 19.8 Å². The van der Waals surface area contributed by atoms with Gasteiger partial charge in [0.15, 0.2) is 0 Å². The molecule has 8 heteroatoms. The zero-order valence-electron chi connectivity index (χ0n) is 19.3. The summed E-state index contributed by atoms with van der Waals surface area (Å²) in [7, 11) is -1.68. The molecule has 0 aliphatic rings. The number of carbonyl (C=O) groups excluding carboxylic acids is 2. The number of hydrogen-bond acceptors (Lipinski definition) is 4. The number of amides is 3. The first-order chi connectivity index (χ1) is 15.2. The molecule has 0 spiro atoms. The molecule has 2 rings (SSSR count). The Morgan fingerprint density at radius 3 is 2.28 bits per heavy atom. The van der Waals surface area contributed by atoms with Gasteiger partial charge < -0.3 is 26.0 Å². The van der Waals surface area contributed by atoms with Crippen molar-refractivity contribution in [1.29, 1.82) is 0 Å². The topological polar surface area (TPSA) is 111 Å². The Hall–Kier alpha value is -2.84. The first-order valence-corrected chi connectivity index (χ1v) is 11.0. The van der Waals surface area contributed by atoms with E-state index in [1.54, 1.807) is 0 Å². The van der Waals surface area contributed by atoms with Crippen LogP contribution in [0.4, 0.5) is 4.79 Å². The summed E-state index contributed by atoms with van der Waals surface area (Å²) >= 11 is 0. The molecule has 0 aliphatic heterocycles. The fourth-order valence-electron chi connectivity index (χ4n) is 3.49. The van der Waals surface area contributed by atoms with Crippen LogP contribution in [0.25, 0.3) is 0 Å². The van der Waals surface area contributed by atoms with Crippen LogP contribution >= 0.6 is 0 Å². The molecule has 32 heavy (non-hydrogen) atoms. The number of carbonyl (C=O) groups is 2. The van der Waals surface area contributed by atoms with Gasteiger partial charge in [0.1, 0.15) is 6.04 Å². The minimum absolute atomic E-state index is 0.156. The maximum absolute atomic E-state index is 13.0. The lowest BCUT2D eigenvalue weighted by Gasteiger charge is -2.24. The number of aryl methyl sites for hydroxylation is 1. The molecular weight excluding hydrogens is 405 g/mol.